The Morgan fingerprint density at radius 2 is 2.26 bits per heavy atom. The molecule has 0 fully saturated rings. The lowest BCUT2D eigenvalue weighted by molar-refractivity contribution is 0.0695. The highest BCUT2D eigenvalue weighted by Crippen LogP contribution is 2.27. The molecule has 0 saturated carbocycles. The summed E-state index contributed by atoms with van der Waals surface area (Å²) in [4.78, 5) is 10.8. The number of allylic oxidation sites excluding steroid dienone is 1. The van der Waals surface area contributed by atoms with E-state index in [2.05, 4.69) is 27.3 Å². The largest absolute Gasteiger partial charge is 0.478 e. The molecule has 0 atom stereocenters. The second kappa shape index (κ2) is 6.19. The zero-order chi connectivity index (χ0) is 13.8. The van der Waals surface area contributed by atoms with Crippen molar-refractivity contribution in [2.45, 2.75) is 25.7 Å². The van der Waals surface area contributed by atoms with Gasteiger partial charge in [-0.15, -0.1) is 0 Å². The highest BCUT2D eigenvalue weighted by atomic mass is 79.9. The van der Waals surface area contributed by atoms with E-state index in [4.69, 9.17) is 5.11 Å². The minimum Gasteiger partial charge on any atom is -0.478 e. The molecule has 102 valence electrons. The van der Waals surface area contributed by atoms with E-state index < -0.39 is 11.8 Å². The van der Waals surface area contributed by atoms with Crippen LogP contribution in [0.25, 0.3) is 0 Å². The van der Waals surface area contributed by atoms with Gasteiger partial charge in [-0.2, -0.15) is 0 Å². The van der Waals surface area contributed by atoms with Gasteiger partial charge < -0.3 is 10.4 Å². The molecule has 1 aliphatic carbocycles. The average molecular weight is 328 g/mol. The van der Waals surface area contributed by atoms with E-state index in [9.17, 15) is 9.18 Å². The summed E-state index contributed by atoms with van der Waals surface area (Å²) in [5.74, 6) is -1.70. The number of hydrogen-bond donors (Lipinski definition) is 2. The Morgan fingerprint density at radius 1 is 1.47 bits per heavy atom. The molecule has 1 aromatic carbocycles. The van der Waals surface area contributed by atoms with Crippen LogP contribution in [-0.2, 0) is 0 Å². The predicted molar refractivity (Wildman–Crippen MR) is 76.1 cm³/mol. The molecule has 2 rings (SSSR count). The third-order valence-corrected chi connectivity index (χ3v) is 3.98. The number of carboxylic acids is 1. The first-order chi connectivity index (χ1) is 9.09. The number of carboxylic acid groups (broad SMARTS) is 1. The Morgan fingerprint density at radius 3 is 2.89 bits per heavy atom. The van der Waals surface area contributed by atoms with Crippen LogP contribution in [0.1, 0.15) is 36.0 Å². The summed E-state index contributed by atoms with van der Waals surface area (Å²) in [5, 5.41) is 11.9. The fraction of sp³-hybridized carbons (Fsp3) is 0.357. The molecule has 0 radical (unpaired) electrons. The van der Waals surface area contributed by atoms with Crippen molar-refractivity contribution in [3.63, 3.8) is 0 Å². The maximum absolute atomic E-state index is 13.9. The topological polar surface area (TPSA) is 49.3 Å². The van der Waals surface area contributed by atoms with E-state index in [1.54, 1.807) is 0 Å². The number of halogens is 2. The van der Waals surface area contributed by atoms with Crippen LogP contribution in [0.15, 0.2) is 28.3 Å². The smallest absolute Gasteiger partial charge is 0.336 e. The third-order valence-electron chi connectivity index (χ3n) is 3.21. The fourth-order valence-electron chi connectivity index (χ4n) is 2.17. The van der Waals surface area contributed by atoms with Crippen LogP contribution in [0, 0.1) is 5.82 Å². The number of rotatable bonds is 5. The van der Waals surface area contributed by atoms with E-state index in [0.29, 0.717) is 12.2 Å². The van der Waals surface area contributed by atoms with Gasteiger partial charge in [-0.25, -0.2) is 9.18 Å². The Hall–Kier alpha value is -1.36. The van der Waals surface area contributed by atoms with Gasteiger partial charge in [0.2, 0.25) is 0 Å². The summed E-state index contributed by atoms with van der Waals surface area (Å²) in [6, 6.07) is 2.86. The molecule has 2 N–H and O–H groups in total. The molecule has 0 unspecified atom stereocenters. The average Bonchev–Trinajstić information content (AvgIpc) is 2.87. The number of benzene rings is 1. The lowest BCUT2D eigenvalue weighted by Crippen LogP contribution is -2.07. The number of aromatic carboxylic acids is 1. The first-order valence-corrected chi connectivity index (χ1v) is 7.02. The van der Waals surface area contributed by atoms with E-state index >= 15 is 0 Å². The molecule has 0 saturated heterocycles. The van der Waals surface area contributed by atoms with Gasteiger partial charge in [0, 0.05) is 6.54 Å². The van der Waals surface area contributed by atoms with Gasteiger partial charge in [0.05, 0.1) is 15.7 Å². The molecule has 1 aliphatic rings. The van der Waals surface area contributed by atoms with Gasteiger partial charge in [-0.05, 0) is 53.7 Å². The molecule has 19 heavy (non-hydrogen) atoms. The summed E-state index contributed by atoms with van der Waals surface area (Å²) in [7, 11) is 0. The minimum absolute atomic E-state index is 0.00918. The van der Waals surface area contributed by atoms with Crippen molar-refractivity contribution in [3.8, 4) is 0 Å². The number of hydrogen-bond acceptors (Lipinski definition) is 2. The lowest BCUT2D eigenvalue weighted by Gasteiger charge is -2.10. The highest BCUT2D eigenvalue weighted by molar-refractivity contribution is 9.10. The Labute approximate surface area is 119 Å². The van der Waals surface area contributed by atoms with Gasteiger partial charge in [0.15, 0.2) is 5.82 Å². The second-order valence-electron chi connectivity index (χ2n) is 4.53. The molecule has 5 heteroatoms. The molecular formula is C14H15BrFNO2. The fourth-order valence-corrected chi connectivity index (χ4v) is 2.69. The van der Waals surface area contributed by atoms with Gasteiger partial charge in [0.25, 0.3) is 0 Å². The number of anilines is 1. The van der Waals surface area contributed by atoms with E-state index in [1.165, 1.54) is 24.1 Å². The van der Waals surface area contributed by atoms with E-state index in [0.717, 1.165) is 19.3 Å². The SMILES string of the molecule is O=C(O)c1ccc(NCCC2=CCCC2)c(F)c1Br. The number of nitrogens with one attached hydrogen (secondary N) is 1. The first-order valence-electron chi connectivity index (χ1n) is 6.22. The quantitative estimate of drug-likeness (QED) is 0.797. The molecule has 0 bridgehead atoms. The van der Waals surface area contributed by atoms with Crippen molar-refractivity contribution in [1.82, 2.24) is 0 Å². The maximum Gasteiger partial charge on any atom is 0.336 e. The van der Waals surface area contributed by atoms with Crippen molar-refractivity contribution in [1.29, 1.82) is 0 Å². The predicted octanol–water partition coefficient (Wildman–Crippen LogP) is 4.20. The first kappa shape index (κ1) is 14.1. The molecule has 1 aromatic rings. The van der Waals surface area contributed by atoms with Crippen LogP contribution >= 0.6 is 15.9 Å². The van der Waals surface area contributed by atoms with Gasteiger partial charge >= 0.3 is 5.97 Å². The number of carbonyl (C=O) groups is 1. The zero-order valence-corrected chi connectivity index (χ0v) is 12.0. The zero-order valence-electron chi connectivity index (χ0n) is 10.4. The summed E-state index contributed by atoms with van der Waals surface area (Å²) in [6.07, 6.45) is 6.62. The lowest BCUT2D eigenvalue weighted by atomic mass is 10.1. The summed E-state index contributed by atoms with van der Waals surface area (Å²) < 4.78 is 13.9. The van der Waals surface area contributed by atoms with E-state index in [-0.39, 0.29) is 10.0 Å². The Bertz CT molecular complexity index is 528. The molecule has 0 aromatic heterocycles. The minimum atomic E-state index is -1.14. The van der Waals surface area contributed by atoms with Gasteiger partial charge in [0.1, 0.15) is 0 Å². The Balaban J connectivity index is 2.00. The molecular weight excluding hydrogens is 313 g/mol. The molecule has 3 nitrogen and oxygen atoms in total. The summed E-state index contributed by atoms with van der Waals surface area (Å²) >= 11 is 2.98. The van der Waals surface area contributed by atoms with Crippen molar-refractivity contribution >= 4 is 27.6 Å². The van der Waals surface area contributed by atoms with E-state index in [1.807, 2.05) is 0 Å². The molecule has 0 amide bonds. The van der Waals surface area contributed by atoms with Crippen LogP contribution in [-0.4, -0.2) is 17.6 Å². The van der Waals surface area contributed by atoms with Crippen LogP contribution in [0.5, 0.6) is 0 Å². The second-order valence-corrected chi connectivity index (χ2v) is 5.32. The summed E-state index contributed by atoms with van der Waals surface area (Å²) in [6.45, 7) is 0.654. The van der Waals surface area contributed by atoms with Crippen molar-refractivity contribution in [2.75, 3.05) is 11.9 Å². The van der Waals surface area contributed by atoms with Gasteiger partial charge in [-0.3, -0.25) is 0 Å². The third kappa shape index (κ3) is 3.35. The Kier molecular flexibility index (Phi) is 4.58. The monoisotopic (exact) mass is 327 g/mol. The maximum atomic E-state index is 13.9. The normalized spacial score (nSPS) is 14.3. The molecule has 0 heterocycles. The van der Waals surface area contributed by atoms with Crippen LogP contribution in [0.3, 0.4) is 0 Å². The molecule has 0 spiro atoms. The van der Waals surface area contributed by atoms with Crippen LogP contribution < -0.4 is 5.32 Å². The van der Waals surface area contributed by atoms with Crippen molar-refractivity contribution in [3.05, 3.63) is 39.6 Å². The van der Waals surface area contributed by atoms with Crippen molar-refractivity contribution < 1.29 is 14.3 Å². The van der Waals surface area contributed by atoms with Gasteiger partial charge in [-0.1, -0.05) is 11.6 Å². The van der Waals surface area contributed by atoms with Crippen LogP contribution in [0.2, 0.25) is 0 Å². The van der Waals surface area contributed by atoms with Crippen molar-refractivity contribution in [2.24, 2.45) is 0 Å². The van der Waals surface area contributed by atoms with Crippen LogP contribution in [0.4, 0.5) is 10.1 Å². The molecule has 0 aliphatic heterocycles. The highest BCUT2D eigenvalue weighted by Gasteiger charge is 2.15. The standard InChI is InChI=1S/C14H15BrFNO2/c15-12-10(14(18)19)5-6-11(13(12)16)17-8-7-9-3-1-2-4-9/h3,5-6,17H,1-2,4,7-8H2,(H,18,19). The summed E-state index contributed by atoms with van der Waals surface area (Å²) in [5.41, 5.74) is 1.67.